The molecule has 0 aromatic rings. The van der Waals surface area contributed by atoms with E-state index in [-0.39, 0.29) is 0 Å². The zero-order chi connectivity index (χ0) is 7.45. The van der Waals surface area contributed by atoms with E-state index in [0.717, 1.165) is 23.7 Å². The van der Waals surface area contributed by atoms with Crippen LogP contribution in [-0.2, 0) is 9.47 Å². The molecule has 64 valence electrons. The van der Waals surface area contributed by atoms with Gasteiger partial charge in [-0.1, -0.05) is 0 Å². The van der Waals surface area contributed by atoms with Crippen LogP contribution in [0.4, 0.5) is 0 Å². The lowest BCUT2D eigenvalue weighted by Crippen LogP contribution is -2.27. The third-order valence-electron chi connectivity index (χ3n) is 4.99. The lowest BCUT2D eigenvalue weighted by atomic mass is 9.81. The summed E-state index contributed by atoms with van der Waals surface area (Å²) >= 11 is 0. The molecule has 0 spiro atoms. The highest BCUT2D eigenvalue weighted by Crippen LogP contribution is 2.69. The van der Waals surface area contributed by atoms with Crippen molar-refractivity contribution in [3.8, 4) is 0 Å². The maximum atomic E-state index is 5.69. The van der Waals surface area contributed by atoms with Crippen LogP contribution in [0.15, 0.2) is 0 Å². The molecule has 0 aromatic carbocycles. The highest BCUT2D eigenvalue weighted by molar-refractivity contribution is 5.21. The number of fused-ring (bicyclic) bond motifs is 10. The summed E-state index contributed by atoms with van der Waals surface area (Å²) in [5, 5.41) is 0. The molecule has 2 heterocycles. The number of rotatable bonds is 0. The molecule has 2 bridgehead atoms. The Morgan fingerprint density at radius 3 is 2.67 bits per heavy atom. The highest BCUT2D eigenvalue weighted by atomic mass is 16.6. The van der Waals surface area contributed by atoms with E-state index in [2.05, 4.69) is 0 Å². The SMILES string of the molecule is C1[C@@H]2[C@@H]3C[C@@H]4O[C@@H]4[C@H]3[C@@H]1[C@H]1O[C@@H]21. The minimum Gasteiger partial charge on any atom is -0.369 e. The Morgan fingerprint density at radius 1 is 0.750 bits per heavy atom. The molecule has 2 nitrogen and oxygen atoms in total. The quantitative estimate of drug-likeness (QED) is 0.495. The van der Waals surface area contributed by atoms with Crippen molar-refractivity contribution >= 4 is 0 Å². The third kappa shape index (κ3) is 0.409. The molecule has 3 aliphatic carbocycles. The second kappa shape index (κ2) is 1.38. The number of hydrogen-bond acceptors (Lipinski definition) is 2. The second-order valence-electron chi connectivity index (χ2n) is 5.24. The van der Waals surface area contributed by atoms with Crippen molar-refractivity contribution < 1.29 is 9.47 Å². The molecule has 2 saturated heterocycles. The van der Waals surface area contributed by atoms with Crippen molar-refractivity contribution in [3.63, 3.8) is 0 Å². The van der Waals surface area contributed by atoms with Gasteiger partial charge in [-0.2, -0.15) is 0 Å². The van der Waals surface area contributed by atoms with E-state index >= 15 is 0 Å². The molecule has 5 rings (SSSR count). The van der Waals surface area contributed by atoms with Gasteiger partial charge in [-0.15, -0.1) is 0 Å². The van der Waals surface area contributed by atoms with Crippen molar-refractivity contribution in [2.24, 2.45) is 23.7 Å². The zero-order valence-corrected chi connectivity index (χ0v) is 6.85. The van der Waals surface area contributed by atoms with E-state index in [9.17, 15) is 0 Å². The topological polar surface area (TPSA) is 25.1 Å². The largest absolute Gasteiger partial charge is 0.369 e. The fourth-order valence-corrected chi connectivity index (χ4v) is 4.58. The van der Waals surface area contributed by atoms with Crippen molar-refractivity contribution in [2.75, 3.05) is 0 Å². The van der Waals surface area contributed by atoms with E-state index in [1.54, 1.807) is 0 Å². The third-order valence-corrected chi connectivity index (χ3v) is 4.99. The molecule has 0 unspecified atom stereocenters. The Kier molecular flexibility index (Phi) is 0.644. The summed E-state index contributed by atoms with van der Waals surface area (Å²) in [4.78, 5) is 0. The summed E-state index contributed by atoms with van der Waals surface area (Å²) in [6.07, 6.45) is 5.58. The summed E-state index contributed by atoms with van der Waals surface area (Å²) in [5.41, 5.74) is 0. The van der Waals surface area contributed by atoms with Crippen LogP contribution in [0.1, 0.15) is 12.8 Å². The lowest BCUT2D eigenvalue weighted by Gasteiger charge is -2.22. The highest BCUT2D eigenvalue weighted by Gasteiger charge is 2.74. The number of epoxide rings is 2. The Balaban J connectivity index is 1.66. The number of hydrogen-bond donors (Lipinski definition) is 0. The summed E-state index contributed by atoms with van der Waals surface area (Å²) in [7, 11) is 0. The standard InChI is InChI=1S/C10H12O2/c1-4-3-2-6-10(11-6)7(3)5(1)9-8(4)12-9/h3-10H,1-2H2/t3-,4+,5+,6-,7+,8-,9+,10-/m0/s1. The van der Waals surface area contributed by atoms with Crippen LogP contribution in [0.25, 0.3) is 0 Å². The van der Waals surface area contributed by atoms with Crippen LogP contribution in [-0.4, -0.2) is 24.4 Å². The fraction of sp³-hybridized carbons (Fsp3) is 1.00. The van der Waals surface area contributed by atoms with Crippen molar-refractivity contribution in [3.05, 3.63) is 0 Å². The molecular weight excluding hydrogens is 152 g/mol. The molecule has 0 amide bonds. The van der Waals surface area contributed by atoms with E-state index < -0.39 is 0 Å². The maximum absolute atomic E-state index is 5.69. The van der Waals surface area contributed by atoms with Gasteiger partial charge >= 0.3 is 0 Å². The van der Waals surface area contributed by atoms with Crippen molar-refractivity contribution in [1.82, 2.24) is 0 Å². The molecule has 8 atom stereocenters. The van der Waals surface area contributed by atoms with Gasteiger partial charge in [0, 0.05) is 0 Å². The van der Waals surface area contributed by atoms with Gasteiger partial charge in [0.05, 0.1) is 24.4 Å². The summed E-state index contributed by atoms with van der Waals surface area (Å²) in [6, 6.07) is 0. The van der Waals surface area contributed by atoms with Crippen LogP contribution >= 0.6 is 0 Å². The van der Waals surface area contributed by atoms with Gasteiger partial charge in [0.15, 0.2) is 0 Å². The normalized spacial score (nSPS) is 80.0. The molecule has 2 heteroatoms. The lowest BCUT2D eigenvalue weighted by molar-refractivity contribution is 0.162. The molecule has 0 radical (unpaired) electrons. The smallest absolute Gasteiger partial charge is 0.0876 e. The summed E-state index contributed by atoms with van der Waals surface area (Å²) in [6.45, 7) is 0. The monoisotopic (exact) mass is 164 g/mol. The average Bonchev–Trinajstić information content (AvgIpc) is 2.92. The van der Waals surface area contributed by atoms with Crippen LogP contribution in [0, 0.1) is 23.7 Å². The van der Waals surface area contributed by atoms with Crippen LogP contribution in [0.5, 0.6) is 0 Å². The first-order chi connectivity index (χ1) is 5.93. The second-order valence-corrected chi connectivity index (χ2v) is 5.24. The minimum absolute atomic E-state index is 0.676. The molecule has 5 fully saturated rings. The zero-order valence-electron chi connectivity index (χ0n) is 6.85. The Labute approximate surface area is 71.2 Å². The van der Waals surface area contributed by atoms with Gasteiger partial charge in [-0.25, -0.2) is 0 Å². The Morgan fingerprint density at radius 2 is 1.67 bits per heavy atom. The van der Waals surface area contributed by atoms with Gasteiger partial charge in [0.2, 0.25) is 0 Å². The summed E-state index contributed by atoms with van der Waals surface area (Å²) in [5.74, 6) is 3.77. The van der Waals surface area contributed by atoms with Gasteiger partial charge in [-0.3, -0.25) is 0 Å². The van der Waals surface area contributed by atoms with E-state index in [1.165, 1.54) is 12.8 Å². The van der Waals surface area contributed by atoms with Crippen molar-refractivity contribution in [1.29, 1.82) is 0 Å². The molecule has 0 aromatic heterocycles. The van der Waals surface area contributed by atoms with Crippen LogP contribution < -0.4 is 0 Å². The molecule has 0 N–H and O–H groups in total. The van der Waals surface area contributed by atoms with Gasteiger partial charge in [-0.05, 0) is 36.5 Å². The van der Waals surface area contributed by atoms with Crippen molar-refractivity contribution in [2.45, 2.75) is 37.3 Å². The average molecular weight is 164 g/mol. The van der Waals surface area contributed by atoms with Crippen LogP contribution in [0.3, 0.4) is 0 Å². The molecule has 12 heavy (non-hydrogen) atoms. The molecule has 2 aliphatic heterocycles. The van der Waals surface area contributed by atoms with E-state index in [1.807, 2.05) is 0 Å². The summed E-state index contributed by atoms with van der Waals surface area (Å²) < 4.78 is 11.3. The molecular formula is C10H12O2. The minimum atomic E-state index is 0.676. The fourth-order valence-electron chi connectivity index (χ4n) is 4.58. The molecule has 5 aliphatic rings. The van der Waals surface area contributed by atoms with Crippen LogP contribution in [0.2, 0.25) is 0 Å². The first-order valence-corrected chi connectivity index (χ1v) is 5.24. The first kappa shape index (κ1) is 5.61. The predicted octanol–water partition coefficient (Wildman–Crippen LogP) is 0.807. The predicted molar refractivity (Wildman–Crippen MR) is 40.5 cm³/mol. The van der Waals surface area contributed by atoms with Gasteiger partial charge < -0.3 is 9.47 Å². The van der Waals surface area contributed by atoms with Gasteiger partial charge in [0.25, 0.3) is 0 Å². The van der Waals surface area contributed by atoms with Gasteiger partial charge in [0.1, 0.15) is 0 Å². The number of ether oxygens (including phenoxy) is 2. The maximum Gasteiger partial charge on any atom is 0.0876 e. The molecule has 3 saturated carbocycles. The van der Waals surface area contributed by atoms with E-state index in [0.29, 0.717) is 24.4 Å². The first-order valence-electron chi connectivity index (χ1n) is 5.24. The van der Waals surface area contributed by atoms with E-state index in [4.69, 9.17) is 9.47 Å². The Hall–Kier alpha value is -0.0800. The Bertz CT molecular complexity index is 273.